The second-order valence-electron chi connectivity index (χ2n) is 8.37. The Labute approximate surface area is 192 Å². The summed E-state index contributed by atoms with van der Waals surface area (Å²) in [5.74, 6) is -0.386. The molecule has 0 aliphatic carbocycles. The van der Waals surface area contributed by atoms with E-state index < -0.39 is 6.04 Å². The van der Waals surface area contributed by atoms with Crippen LogP contribution in [0.5, 0.6) is 5.75 Å². The molecule has 2 amide bonds. The van der Waals surface area contributed by atoms with Gasteiger partial charge in [0.05, 0.1) is 4.47 Å². The predicted molar refractivity (Wildman–Crippen MR) is 123 cm³/mol. The van der Waals surface area contributed by atoms with E-state index >= 15 is 0 Å². The number of hydrogen-bond acceptors (Lipinski definition) is 3. The number of rotatable bonds is 8. The third-order valence-electron chi connectivity index (χ3n) is 5.05. The zero-order chi connectivity index (χ0) is 23.2. The van der Waals surface area contributed by atoms with Crippen LogP contribution in [0.1, 0.15) is 45.2 Å². The van der Waals surface area contributed by atoms with Gasteiger partial charge in [0.15, 0.2) is 6.61 Å². The first kappa shape index (κ1) is 24.9. The van der Waals surface area contributed by atoms with E-state index in [9.17, 15) is 14.0 Å². The summed E-state index contributed by atoms with van der Waals surface area (Å²) in [5, 5.41) is 2.61. The van der Waals surface area contributed by atoms with Crippen molar-refractivity contribution in [1.29, 1.82) is 0 Å². The SMILES string of the molecule is CC[C@@H](C(=O)NC)N(Cc1ccc(F)cc1)C(=O)COc1ccc(C(C)(C)C)cc1Br. The first-order chi connectivity index (χ1) is 14.6. The minimum atomic E-state index is -0.655. The van der Waals surface area contributed by atoms with Crippen molar-refractivity contribution < 1.29 is 18.7 Å². The molecule has 5 nitrogen and oxygen atoms in total. The summed E-state index contributed by atoms with van der Waals surface area (Å²) >= 11 is 3.51. The smallest absolute Gasteiger partial charge is 0.261 e. The third-order valence-corrected chi connectivity index (χ3v) is 5.67. The summed E-state index contributed by atoms with van der Waals surface area (Å²) in [7, 11) is 1.54. The van der Waals surface area contributed by atoms with Crippen molar-refractivity contribution in [3.8, 4) is 5.75 Å². The number of benzene rings is 2. The molecular formula is C24H30BrFN2O3. The lowest BCUT2D eigenvalue weighted by molar-refractivity contribution is -0.142. The van der Waals surface area contributed by atoms with Crippen LogP contribution in [0.25, 0.3) is 0 Å². The highest BCUT2D eigenvalue weighted by Crippen LogP contribution is 2.31. The van der Waals surface area contributed by atoms with E-state index in [1.165, 1.54) is 24.1 Å². The fourth-order valence-corrected chi connectivity index (χ4v) is 3.67. The molecule has 1 N–H and O–H groups in total. The average Bonchev–Trinajstić information content (AvgIpc) is 2.72. The van der Waals surface area contributed by atoms with Crippen LogP contribution in [-0.2, 0) is 21.5 Å². The van der Waals surface area contributed by atoms with Crippen LogP contribution in [-0.4, -0.2) is 36.4 Å². The molecule has 0 radical (unpaired) electrons. The molecule has 1 atom stereocenters. The van der Waals surface area contributed by atoms with Gasteiger partial charge in [0.2, 0.25) is 5.91 Å². The summed E-state index contributed by atoms with van der Waals surface area (Å²) in [6.45, 7) is 8.16. The number of ether oxygens (including phenoxy) is 1. The Morgan fingerprint density at radius 2 is 1.81 bits per heavy atom. The summed E-state index contributed by atoms with van der Waals surface area (Å²) in [4.78, 5) is 26.9. The van der Waals surface area contributed by atoms with Crippen LogP contribution >= 0.6 is 15.9 Å². The second-order valence-corrected chi connectivity index (χ2v) is 9.22. The van der Waals surface area contributed by atoms with Crippen molar-refractivity contribution in [1.82, 2.24) is 10.2 Å². The van der Waals surface area contributed by atoms with Crippen LogP contribution in [0.15, 0.2) is 46.9 Å². The molecule has 0 saturated carbocycles. The molecule has 7 heteroatoms. The Hall–Kier alpha value is -2.41. The topological polar surface area (TPSA) is 58.6 Å². The highest BCUT2D eigenvalue weighted by molar-refractivity contribution is 9.10. The fraction of sp³-hybridized carbons (Fsp3) is 0.417. The van der Waals surface area contributed by atoms with Crippen molar-refractivity contribution in [2.45, 2.75) is 52.1 Å². The van der Waals surface area contributed by atoms with Gasteiger partial charge in [-0.3, -0.25) is 9.59 Å². The molecule has 0 saturated heterocycles. The number of hydrogen-bond donors (Lipinski definition) is 1. The number of halogens is 2. The molecule has 0 fully saturated rings. The van der Waals surface area contributed by atoms with Gasteiger partial charge < -0.3 is 15.0 Å². The van der Waals surface area contributed by atoms with Gasteiger partial charge in [-0.15, -0.1) is 0 Å². The maximum Gasteiger partial charge on any atom is 0.261 e. The lowest BCUT2D eigenvalue weighted by atomic mass is 9.87. The second kappa shape index (κ2) is 10.8. The van der Waals surface area contributed by atoms with Crippen LogP contribution < -0.4 is 10.1 Å². The fourth-order valence-electron chi connectivity index (χ4n) is 3.18. The molecule has 0 spiro atoms. The molecule has 168 valence electrons. The Morgan fingerprint density at radius 3 is 2.32 bits per heavy atom. The van der Waals surface area contributed by atoms with E-state index in [0.717, 1.165) is 15.6 Å². The van der Waals surface area contributed by atoms with Gasteiger partial charge in [0.25, 0.3) is 5.91 Å². The Morgan fingerprint density at radius 1 is 1.16 bits per heavy atom. The summed E-state index contributed by atoms with van der Waals surface area (Å²) in [6, 6.07) is 11.0. The van der Waals surface area contributed by atoms with Gasteiger partial charge >= 0.3 is 0 Å². The van der Waals surface area contributed by atoms with Crippen LogP contribution in [0.2, 0.25) is 0 Å². The van der Waals surface area contributed by atoms with Gasteiger partial charge in [-0.25, -0.2) is 4.39 Å². The standard InChI is InChI=1S/C24H30BrFN2O3/c1-6-20(23(30)27-5)28(14-16-7-10-18(26)11-8-16)22(29)15-31-21-12-9-17(13-19(21)25)24(2,3)4/h7-13,20H,6,14-15H2,1-5H3,(H,27,30)/t20-/m0/s1. The monoisotopic (exact) mass is 492 g/mol. The van der Waals surface area contributed by atoms with Crippen LogP contribution in [0, 0.1) is 5.82 Å². The maximum absolute atomic E-state index is 13.3. The molecule has 0 aromatic heterocycles. The van der Waals surface area contributed by atoms with Crippen molar-refractivity contribution in [2.24, 2.45) is 0 Å². The van der Waals surface area contributed by atoms with E-state index in [1.54, 1.807) is 12.1 Å². The lowest BCUT2D eigenvalue weighted by Crippen LogP contribution is -2.49. The molecule has 31 heavy (non-hydrogen) atoms. The van der Waals surface area contributed by atoms with Crippen molar-refractivity contribution in [3.63, 3.8) is 0 Å². The van der Waals surface area contributed by atoms with Gasteiger partial charge in [-0.1, -0.05) is 45.9 Å². The Bertz CT molecular complexity index is 910. The maximum atomic E-state index is 13.3. The normalized spacial score (nSPS) is 12.2. The molecule has 0 aliphatic heterocycles. The Balaban J connectivity index is 2.20. The van der Waals surface area contributed by atoms with Crippen LogP contribution in [0.3, 0.4) is 0 Å². The molecule has 2 aromatic carbocycles. The van der Waals surface area contributed by atoms with E-state index in [-0.39, 0.29) is 36.2 Å². The summed E-state index contributed by atoms with van der Waals surface area (Å²) < 4.78 is 19.8. The van der Waals surface area contributed by atoms with Crippen molar-refractivity contribution >= 4 is 27.7 Å². The molecule has 2 rings (SSSR count). The van der Waals surface area contributed by atoms with Gasteiger partial charge in [-0.2, -0.15) is 0 Å². The predicted octanol–water partition coefficient (Wildman–Crippen LogP) is 4.82. The van der Waals surface area contributed by atoms with Crippen LogP contribution in [0.4, 0.5) is 4.39 Å². The van der Waals surface area contributed by atoms with Gasteiger partial charge in [-0.05, 0) is 63.2 Å². The molecular weight excluding hydrogens is 463 g/mol. The average molecular weight is 493 g/mol. The van der Waals surface area contributed by atoms with E-state index in [2.05, 4.69) is 42.0 Å². The van der Waals surface area contributed by atoms with Gasteiger partial charge in [0, 0.05) is 13.6 Å². The molecule has 2 aromatic rings. The number of nitrogens with zero attached hydrogens (tertiary/aromatic N) is 1. The number of likely N-dealkylation sites (N-methyl/N-ethyl adjacent to an activating group) is 1. The highest BCUT2D eigenvalue weighted by atomic mass is 79.9. The Kier molecular flexibility index (Phi) is 8.62. The van der Waals surface area contributed by atoms with Crippen molar-refractivity contribution in [2.75, 3.05) is 13.7 Å². The molecule has 0 aliphatic rings. The first-order valence-corrected chi connectivity index (χ1v) is 11.0. The lowest BCUT2D eigenvalue weighted by Gasteiger charge is -2.30. The highest BCUT2D eigenvalue weighted by Gasteiger charge is 2.28. The number of amides is 2. The summed E-state index contributed by atoms with van der Waals surface area (Å²) in [6.07, 6.45) is 0.441. The van der Waals surface area contributed by atoms with E-state index in [4.69, 9.17) is 4.74 Å². The zero-order valence-corrected chi connectivity index (χ0v) is 20.3. The molecule has 0 heterocycles. The van der Waals surface area contributed by atoms with E-state index in [1.807, 2.05) is 25.1 Å². The van der Waals surface area contributed by atoms with E-state index in [0.29, 0.717) is 12.2 Å². The summed E-state index contributed by atoms with van der Waals surface area (Å²) in [5.41, 5.74) is 1.86. The molecule has 0 unspecified atom stereocenters. The largest absolute Gasteiger partial charge is 0.483 e. The quantitative estimate of drug-likeness (QED) is 0.574. The minimum Gasteiger partial charge on any atom is -0.483 e. The van der Waals surface area contributed by atoms with Gasteiger partial charge in [0.1, 0.15) is 17.6 Å². The third kappa shape index (κ3) is 6.79. The minimum absolute atomic E-state index is 0.00924. The number of nitrogens with one attached hydrogen (secondary N) is 1. The number of carbonyl (C=O) groups excluding carboxylic acids is 2. The zero-order valence-electron chi connectivity index (χ0n) is 18.7. The number of carbonyl (C=O) groups is 2. The first-order valence-electron chi connectivity index (χ1n) is 10.2. The van der Waals surface area contributed by atoms with Crippen molar-refractivity contribution in [3.05, 3.63) is 63.9 Å². The molecule has 0 bridgehead atoms.